The highest BCUT2D eigenvalue weighted by atomic mass is 19.1. The van der Waals surface area contributed by atoms with Gasteiger partial charge in [0.05, 0.1) is 5.69 Å². The molecule has 0 atom stereocenters. The van der Waals surface area contributed by atoms with Crippen molar-refractivity contribution in [3.05, 3.63) is 53.6 Å². The van der Waals surface area contributed by atoms with Crippen molar-refractivity contribution in [3.63, 3.8) is 0 Å². The Balaban J connectivity index is 2.07. The van der Waals surface area contributed by atoms with Gasteiger partial charge in [0, 0.05) is 12.3 Å². The molecule has 2 aromatic rings. The number of carbonyl (C=O) groups excluding carboxylic acids is 1. The van der Waals surface area contributed by atoms with Gasteiger partial charge >= 0.3 is 0 Å². The van der Waals surface area contributed by atoms with Gasteiger partial charge in [-0.05, 0) is 29.8 Å². The molecule has 0 unspecified atom stereocenters. The first-order valence-electron chi connectivity index (χ1n) is 5.49. The van der Waals surface area contributed by atoms with Gasteiger partial charge in [-0.3, -0.25) is 9.78 Å². The molecule has 98 valence electrons. The fourth-order valence-electron chi connectivity index (χ4n) is 1.46. The molecule has 0 aliphatic carbocycles. The summed E-state index contributed by atoms with van der Waals surface area (Å²) in [5.74, 6) is -0.797. The summed E-state index contributed by atoms with van der Waals surface area (Å²) >= 11 is 0. The number of anilines is 1. The molecule has 6 heteroatoms. The number of nitrogens with two attached hydrogens (primary N) is 2. The molecular formula is C13H12FN3O2. The number of nitrogen functional groups attached to an aromatic ring is 1. The van der Waals surface area contributed by atoms with Gasteiger partial charge in [0.1, 0.15) is 23.9 Å². The summed E-state index contributed by atoms with van der Waals surface area (Å²) in [5.41, 5.74) is 11.4. The van der Waals surface area contributed by atoms with E-state index in [-0.39, 0.29) is 18.0 Å². The zero-order valence-corrected chi connectivity index (χ0v) is 9.97. The Labute approximate surface area is 109 Å². The van der Waals surface area contributed by atoms with Crippen LogP contribution in [0, 0.1) is 5.82 Å². The molecule has 0 fully saturated rings. The molecule has 1 heterocycles. The number of primary amides is 1. The average molecular weight is 261 g/mol. The molecule has 1 aromatic carbocycles. The van der Waals surface area contributed by atoms with Gasteiger partial charge in [0.15, 0.2) is 0 Å². The third-order valence-electron chi connectivity index (χ3n) is 2.45. The van der Waals surface area contributed by atoms with Crippen LogP contribution in [0.3, 0.4) is 0 Å². The molecule has 19 heavy (non-hydrogen) atoms. The highest BCUT2D eigenvalue weighted by molar-refractivity contribution is 5.90. The number of hydrogen-bond donors (Lipinski definition) is 2. The maximum atomic E-state index is 13.2. The molecule has 0 aliphatic rings. The topological polar surface area (TPSA) is 91.2 Å². The summed E-state index contributed by atoms with van der Waals surface area (Å²) in [6.07, 6.45) is 1.46. The maximum Gasteiger partial charge on any atom is 0.267 e. The van der Waals surface area contributed by atoms with Crippen LogP contribution in [0.1, 0.15) is 16.1 Å². The summed E-state index contributed by atoms with van der Waals surface area (Å²) in [4.78, 5) is 14.8. The number of carbonyl (C=O) groups is 1. The molecule has 4 N–H and O–H groups in total. The number of nitrogens with zero attached hydrogens (tertiary/aromatic N) is 1. The summed E-state index contributed by atoms with van der Waals surface area (Å²) < 4.78 is 18.6. The minimum atomic E-state index is -0.611. The highest BCUT2D eigenvalue weighted by Crippen LogP contribution is 2.19. The second-order valence-corrected chi connectivity index (χ2v) is 3.89. The highest BCUT2D eigenvalue weighted by Gasteiger charge is 2.05. The normalized spacial score (nSPS) is 10.2. The third kappa shape index (κ3) is 3.19. The van der Waals surface area contributed by atoms with Crippen molar-refractivity contribution in [3.8, 4) is 5.75 Å². The van der Waals surface area contributed by atoms with E-state index in [4.69, 9.17) is 16.2 Å². The van der Waals surface area contributed by atoms with Crippen molar-refractivity contribution in [2.45, 2.75) is 6.61 Å². The second-order valence-electron chi connectivity index (χ2n) is 3.89. The van der Waals surface area contributed by atoms with Crippen LogP contribution in [-0.4, -0.2) is 10.9 Å². The fraction of sp³-hybridized carbons (Fsp3) is 0.0769. The van der Waals surface area contributed by atoms with Gasteiger partial charge in [-0.15, -0.1) is 0 Å². The van der Waals surface area contributed by atoms with Crippen LogP contribution in [0.4, 0.5) is 10.1 Å². The minimum Gasteiger partial charge on any atom is -0.489 e. The molecule has 0 saturated carbocycles. The lowest BCUT2D eigenvalue weighted by molar-refractivity contribution is 0.0995. The Morgan fingerprint density at radius 2 is 2.11 bits per heavy atom. The predicted molar refractivity (Wildman–Crippen MR) is 67.9 cm³/mol. The van der Waals surface area contributed by atoms with Gasteiger partial charge in [0.25, 0.3) is 5.91 Å². The van der Waals surface area contributed by atoms with E-state index in [9.17, 15) is 9.18 Å². The van der Waals surface area contributed by atoms with E-state index in [0.717, 1.165) is 0 Å². The largest absolute Gasteiger partial charge is 0.489 e. The van der Waals surface area contributed by atoms with Crippen molar-refractivity contribution in [2.75, 3.05) is 5.73 Å². The number of aromatic nitrogens is 1. The quantitative estimate of drug-likeness (QED) is 0.815. The number of rotatable bonds is 4. The lowest BCUT2D eigenvalue weighted by Gasteiger charge is -2.07. The first-order chi connectivity index (χ1) is 9.06. The van der Waals surface area contributed by atoms with Gasteiger partial charge in [-0.2, -0.15) is 0 Å². The van der Waals surface area contributed by atoms with E-state index in [2.05, 4.69) is 4.98 Å². The van der Waals surface area contributed by atoms with Crippen molar-refractivity contribution >= 4 is 11.6 Å². The SMILES string of the molecule is NC(=O)c1cc(COc2ccc(N)c(F)c2)ccn1. The van der Waals surface area contributed by atoms with Crippen LogP contribution >= 0.6 is 0 Å². The number of halogens is 1. The standard InChI is InChI=1S/C13H12FN3O2/c14-10-6-9(1-2-11(10)15)19-7-8-3-4-17-12(5-8)13(16)18/h1-6H,7,15H2,(H2,16,18). The number of benzene rings is 1. The smallest absolute Gasteiger partial charge is 0.267 e. The Bertz CT molecular complexity index is 617. The van der Waals surface area contributed by atoms with E-state index >= 15 is 0 Å². The first-order valence-corrected chi connectivity index (χ1v) is 5.49. The Morgan fingerprint density at radius 3 is 2.79 bits per heavy atom. The van der Waals surface area contributed by atoms with Gasteiger partial charge in [0.2, 0.25) is 0 Å². The van der Waals surface area contributed by atoms with E-state index in [0.29, 0.717) is 11.3 Å². The van der Waals surface area contributed by atoms with Gasteiger partial charge in [-0.1, -0.05) is 0 Å². The van der Waals surface area contributed by atoms with E-state index in [1.54, 1.807) is 12.1 Å². The summed E-state index contributed by atoms with van der Waals surface area (Å²) in [5, 5.41) is 0. The van der Waals surface area contributed by atoms with Gasteiger partial charge < -0.3 is 16.2 Å². The predicted octanol–water partition coefficient (Wildman–Crippen LogP) is 1.48. The van der Waals surface area contributed by atoms with E-state index < -0.39 is 11.7 Å². The molecule has 0 aliphatic heterocycles. The van der Waals surface area contributed by atoms with Crippen LogP contribution in [0.2, 0.25) is 0 Å². The Kier molecular flexibility index (Phi) is 3.61. The maximum absolute atomic E-state index is 13.2. The molecule has 0 saturated heterocycles. The van der Waals surface area contributed by atoms with Crippen LogP contribution < -0.4 is 16.2 Å². The zero-order chi connectivity index (χ0) is 13.8. The molecule has 0 bridgehead atoms. The number of amides is 1. The van der Waals surface area contributed by atoms with Crippen LogP contribution in [0.5, 0.6) is 5.75 Å². The second kappa shape index (κ2) is 5.34. The summed E-state index contributed by atoms with van der Waals surface area (Å²) in [6.45, 7) is 0.173. The van der Waals surface area contributed by atoms with Crippen LogP contribution in [-0.2, 0) is 6.61 Å². The van der Waals surface area contributed by atoms with E-state index in [1.165, 1.54) is 24.4 Å². The van der Waals surface area contributed by atoms with Crippen LogP contribution in [0.15, 0.2) is 36.5 Å². The van der Waals surface area contributed by atoms with Gasteiger partial charge in [-0.25, -0.2) is 4.39 Å². The van der Waals surface area contributed by atoms with Crippen molar-refractivity contribution in [2.24, 2.45) is 5.73 Å². The zero-order valence-electron chi connectivity index (χ0n) is 9.97. The van der Waals surface area contributed by atoms with E-state index in [1.807, 2.05) is 0 Å². The number of hydrogen-bond acceptors (Lipinski definition) is 4. The molecule has 2 rings (SSSR count). The van der Waals surface area contributed by atoms with Crippen molar-refractivity contribution < 1.29 is 13.9 Å². The fourth-order valence-corrected chi connectivity index (χ4v) is 1.46. The Morgan fingerprint density at radius 1 is 1.32 bits per heavy atom. The molecule has 0 spiro atoms. The number of ether oxygens (including phenoxy) is 1. The first kappa shape index (κ1) is 12.8. The van der Waals surface area contributed by atoms with Crippen LogP contribution in [0.25, 0.3) is 0 Å². The number of pyridine rings is 1. The third-order valence-corrected chi connectivity index (χ3v) is 2.45. The monoisotopic (exact) mass is 261 g/mol. The van der Waals surface area contributed by atoms with Crippen molar-refractivity contribution in [1.29, 1.82) is 0 Å². The lowest BCUT2D eigenvalue weighted by atomic mass is 10.2. The Hall–Kier alpha value is -2.63. The molecule has 1 amide bonds. The summed E-state index contributed by atoms with van der Waals surface area (Å²) in [7, 11) is 0. The van der Waals surface area contributed by atoms with Crippen molar-refractivity contribution in [1.82, 2.24) is 4.98 Å². The minimum absolute atomic E-state index is 0.0623. The molecule has 0 radical (unpaired) electrons. The molecule has 1 aromatic heterocycles. The molecular weight excluding hydrogens is 249 g/mol. The molecule has 5 nitrogen and oxygen atoms in total. The summed E-state index contributed by atoms with van der Waals surface area (Å²) in [6, 6.07) is 7.39. The average Bonchev–Trinajstić information content (AvgIpc) is 2.40. The lowest BCUT2D eigenvalue weighted by Crippen LogP contribution is -2.13.